The minimum Gasteiger partial charge on any atom is -0.375 e. The lowest BCUT2D eigenvalue weighted by molar-refractivity contribution is -0.271. The Morgan fingerprint density at radius 1 is 0.854 bits per heavy atom. The first-order valence-electron chi connectivity index (χ1n) is 12.8. The van der Waals surface area contributed by atoms with Crippen LogP contribution in [0.5, 0.6) is 0 Å². The summed E-state index contributed by atoms with van der Waals surface area (Å²) in [4.78, 5) is 0. The van der Waals surface area contributed by atoms with Crippen molar-refractivity contribution < 1.29 is 22.7 Å². The van der Waals surface area contributed by atoms with Gasteiger partial charge in [0.2, 0.25) is 5.60 Å². The standard InChI is InChI=1S/C32H22F4N4O/c33-24-11-13-25(14-12-24)40-28-15-10-23(18-22(28)19-38-40)31(41,32(34,35)36)20-39-29-9-5-4-8-26(29)27(16-17-37)30(39)21-6-2-1-3-7-21/h1-15,18-19,41H,16,20H2. The van der Waals surface area contributed by atoms with Crippen LogP contribution in [0.1, 0.15) is 11.1 Å². The van der Waals surface area contributed by atoms with Gasteiger partial charge in [0.15, 0.2) is 0 Å². The van der Waals surface area contributed by atoms with E-state index >= 15 is 0 Å². The molecule has 0 bridgehead atoms. The molecular weight excluding hydrogens is 532 g/mol. The molecule has 6 rings (SSSR count). The van der Waals surface area contributed by atoms with Gasteiger partial charge in [-0.15, -0.1) is 0 Å². The largest absolute Gasteiger partial charge is 0.423 e. The number of rotatable bonds is 6. The number of hydrogen-bond acceptors (Lipinski definition) is 3. The molecule has 1 atom stereocenters. The van der Waals surface area contributed by atoms with E-state index in [2.05, 4.69) is 11.2 Å². The van der Waals surface area contributed by atoms with Crippen molar-refractivity contribution in [1.29, 1.82) is 5.26 Å². The van der Waals surface area contributed by atoms with Gasteiger partial charge in [0.25, 0.3) is 0 Å². The average molecular weight is 555 g/mol. The molecule has 204 valence electrons. The summed E-state index contributed by atoms with van der Waals surface area (Å²) < 4.78 is 61.1. The van der Waals surface area contributed by atoms with Crippen LogP contribution in [0.2, 0.25) is 0 Å². The Bertz CT molecular complexity index is 1920. The smallest absolute Gasteiger partial charge is 0.375 e. The maximum atomic E-state index is 14.9. The maximum absolute atomic E-state index is 14.9. The molecule has 1 N–H and O–H groups in total. The van der Waals surface area contributed by atoms with Crippen LogP contribution in [-0.4, -0.2) is 25.6 Å². The van der Waals surface area contributed by atoms with Crippen molar-refractivity contribution in [3.05, 3.63) is 120 Å². The van der Waals surface area contributed by atoms with Gasteiger partial charge in [-0.1, -0.05) is 54.6 Å². The zero-order valence-electron chi connectivity index (χ0n) is 21.5. The van der Waals surface area contributed by atoms with Crippen molar-refractivity contribution in [2.75, 3.05) is 0 Å². The molecule has 9 heteroatoms. The number of alkyl halides is 3. The second-order valence-electron chi connectivity index (χ2n) is 9.80. The first-order valence-corrected chi connectivity index (χ1v) is 12.8. The van der Waals surface area contributed by atoms with Gasteiger partial charge >= 0.3 is 6.18 Å². The highest BCUT2D eigenvalue weighted by atomic mass is 19.4. The highest BCUT2D eigenvalue weighted by Gasteiger charge is 2.55. The lowest BCUT2D eigenvalue weighted by Crippen LogP contribution is -2.46. The van der Waals surface area contributed by atoms with Crippen LogP contribution >= 0.6 is 0 Å². The van der Waals surface area contributed by atoms with Gasteiger partial charge in [-0.3, -0.25) is 0 Å². The van der Waals surface area contributed by atoms with Crippen LogP contribution in [0, 0.1) is 17.1 Å². The number of benzene rings is 4. The molecule has 0 fully saturated rings. The van der Waals surface area contributed by atoms with Crippen molar-refractivity contribution in [1.82, 2.24) is 14.3 Å². The van der Waals surface area contributed by atoms with Crippen LogP contribution in [0.3, 0.4) is 0 Å². The molecule has 0 aliphatic carbocycles. The number of nitrogens with zero attached hydrogens (tertiary/aromatic N) is 4. The van der Waals surface area contributed by atoms with Gasteiger partial charge in [0.1, 0.15) is 5.82 Å². The van der Waals surface area contributed by atoms with E-state index in [1.165, 1.54) is 57.9 Å². The zero-order valence-corrected chi connectivity index (χ0v) is 21.5. The van der Waals surface area contributed by atoms with Gasteiger partial charge in [-0.25, -0.2) is 9.07 Å². The van der Waals surface area contributed by atoms with Crippen LogP contribution in [0.4, 0.5) is 17.6 Å². The SMILES string of the molecule is N#CCc1c(-c2ccccc2)n(CC(O)(c2ccc3c(cnn3-c3ccc(F)cc3)c2)C(F)(F)F)c2ccccc12. The normalized spacial score (nSPS) is 13.4. The fraction of sp³-hybridized carbons (Fsp3) is 0.125. The Kier molecular flexibility index (Phi) is 6.36. The summed E-state index contributed by atoms with van der Waals surface area (Å²) in [6.45, 7) is -0.843. The molecular formula is C32H22F4N4O. The first-order chi connectivity index (χ1) is 19.7. The maximum Gasteiger partial charge on any atom is 0.423 e. The second kappa shape index (κ2) is 9.91. The molecule has 2 aromatic heterocycles. The van der Waals surface area contributed by atoms with Crippen molar-refractivity contribution in [2.24, 2.45) is 0 Å². The summed E-state index contributed by atoms with van der Waals surface area (Å²) in [6.07, 6.45) is -3.66. The summed E-state index contributed by atoms with van der Waals surface area (Å²) in [5, 5.41) is 26.5. The summed E-state index contributed by atoms with van der Waals surface area (Å²) in [5.41, 5.74) is -0.451. The van der Waals surface area contributed by atoms with E-state index in [-0.39, 0.29) is 12.0 Å². The number of fused-ring (bicyclic) bond motifs is 2. The molecule has 0 radical (unpaired) electrons. The summed E-state index contributed by atoms with van der Waals surface area (Å²) in [7, 11) is 0. The van der Waals surface area contributed by atoms with E-state index in [9.17, 15) is 27.9 Å². The highest BCUT2D eigenvalue weighted by molar-refractivity contribution is 5.92. The van der Waals surface area contributed by atoms with Crippen molar-refractivity contribution in [3.63, 3.8) is 0 Å². The average Bonchev–Trinajstić information content (AvgIpc) is 3.52. The lowest BCUT2D eigenvalue weighted by atomic mass is 9.91. The zero-order chi connectivity index (χ0) is 28.8. The predicted octanol–water partition coefficient (Wildman–Crippen LogP) is 7.30. The molecule has 1 unspecified atom stereocenters. The predicted molar refractivity (Wildman–Crippen MR) is 148 cm³/mol. The molecule has 0 aliphatic rings. The Morgan fingerprint density at radius 2 is 1.56 bits per heavy atom. The number of halogens is 4. The molecule has 0 spiro atoms. The molecule has 0 saturated heterocycles. The van der Waals surface area contributed by atoms with Crippen molar-refractivity contribution in [3.8, 4) is 23.0 Å². The Hall–Kier alpha value is -4.94. The Balaban J connectivity index is 1.53. The van der Waals surface area contributed by atoms with Crippen LogP contribution in [0.25, 0.3) is 38.8 Å². The molecule has 6 aromatic rings. The fourth-order valence-electron chi connectivity index (χ4n) is 5.38. The third kappa shape index (κ3) is 4.42. The summed E-state index contributed by atoms with van der Waals surface area (Å²) >= 11 is 0. The third-order valence-corrected chi connectivity index (χ3v) is 7.35. The molecule has 2 heterocycles. The summed E-state index contributed by atoms with van der Waals surface area (Å²) in [6, 6.07) is 27.5. The number of para-hydroxylation sites is 1. The third-order valence-electron chi connectivity index (χ3n) is 7.35. The van der Waals surface area contributed by atoms with Crippen LogP contribution in [-0.2, 0) is 18.6 Å². The second-order valence-corrected chi connectivity index (χ2v) is 9.80. The van der Waals surface area contributed by atoms with Gasteiger partial charge in [0.05, 0.1) is 42.1 Å². The quantitative estimate of drug-likeness (QED) is 0.220. The van der Waals surface area contributed by atoms with E-state index in [4.69, 9.17) is 0 Å². The number of nitriles is 1. The van der Waals surface area contributed by atoms with E-state index in [0.717, 1.165) is 0 Å². The molecule has 0 aliphatic heterocycles. The van der Waals surface area contributed by atoms with Crippen molar-refractivity contribution >= 4 is 21.8 Å². The van der Waals surface area contributed by atoms with Crippen LogP contribution < -0.4 is 0 Å². The minimum atomic E-state index is -5.05. The lowest BCUT2D eigenvalue weighted by Gasteiger charge is -2.32. The van der Waals surface area contributed by atoms with Gasteiger partial charge in [0, 0.05) is 16.3 Å². The topological polar surface area (TPSA) is 66.8 Å². The Morgan fingerprint density at radius 3 is 2.27 bits per heavy atom. The monoisotopic (exact) mass is 554 g/mol. The van der Waals surface area contributed by atoms with Gasteiger partial charge < -0.3 is 9.67 Å². The molecule has 0 saturated carbocycles. The molecule has 5 nitrogen and oxygen atoms in total. The fourth-order valence-corrected chi connectivity index (χ4v) is 5.38. The number of aliphatic hydroxyl groups is 1. The Labute approximate surface area is 232 Å². The van der Waals surface area contributed by atoms with Gasteiger partial charge in [-0.05, 0) is 59.2 Å². The molecule has 41 heavy (non-hydrogen) atoms. The van der Waals surface area contributed by atoms with Crippen molar-refractivity contribution in [2.45, 2.75) is 24.7 Å². The minimum absolute atomic E-state index is 0.0171. The van der Waals surface area contributed by atoms with E-state index in [1.807, 2.05) is 0 Å². The summed E-state index contributed by atoms with van der Waals surface area (Å²) in [5.74, 6) is -0.423. The van der Waals surface area contributed by atoms with E-state index < -0.39 is 24.1 Å². The number of aromatic nitrogens is 3. The number of hydrogen-bond donors (Lipinski definition) is 1. The molecule has 0 amide bonds. The van der Waals surface area contributed by atoms with E-state index in [0.29, 0.717) is 44.3 Å². The van der Waals surface area contributed by atoms with Crippen LogP contribution in [0.15, 0.2) is 103 Å². The van der Waals surface area contributed by atoms with Gasteiger partial charge in [-0.2, -0.15) is 23.5 Å². The van der Waals surface area contributed by atoms with E-state index in [1.54, 1.807) is 54.6 Å². The molecule has 4 aromatic carbocycles. The highest BCUT2D eigenvalue weighted by Crippen LogP contribution is 2.44. The first kappa shape index (κ1) is 26.3.